The van der Waals surface area contributed by atoms with Crippen LogP contribution in [0.1, 0.15) is 57.4 Å². The van der Waals surface area contributed by atoms with Crippen molar-refractivity contribution in [1.82, 2.24) is 5.32 Å². The van der Waals surface area contributed by atoms with Gasteiger partial charge in [-0.3, -0.25) is 0 Å². The maximum atomic E-state index is 12.0. The van der Waals surface area contributed by atoms with Gasteiger partial charge < -0.3 is 14.8 Å². The predicted octanol–water partition coefficient (Wildman–Crippen LogP) is 5.48. The number of rotatable bonds is 11. The van der Waals surface area contributed by atoms with Crippen molar-refractivity contribution in [2.24, 2.45) is 5.92 Å². The number of halogens is 3. The quantitative estimate of drug-likeness (QED) is 0.510. The summed E-state index contributed by atoms with van der Waals surface area (Å²) in [5.41, 5.74) is 1.07. The molecule has 2 rings (SSSR count). The summed E-state index contributed by atoms with van der Waals surface area (Å²) < 4.78 is 46.4. The van der Waals surface area contributed by atoms with Gasteiger partial charge in [-0.25, -0.2) is 0 Å². The molecular weight excluding hydrogens is 355 g/mol. The maximum Gasteiger partial charge on any atom is 0.411 e. The van der Waals surface area contributed by atoms with Crippen molar-refractivity contribution >= 4 is 0 Å². The summed E-state index contributed by atoms with van der Waals surface area (Å²) in [4.78, 5) is 0. The van der Waals surface area contributed by atoms with Crippen LogP contribution in [-0.2, 0) is 11.3 Å². The third kappa shape index (κ3) is 9.47. The van der Waals surface area contributed by atoms with E-state index in [1.807, 2.05) is 24.3 Å². The minimum Gasteiger partial charge on any atom is -0.493 e. The van der Waals surface area contributed by atoms with Crippen LogP contribution in [0.25, 0.3) is 0 Å². The van der Waals surface area contributed by atoms with E-state index in [0.29, 0.717) is 19.1 Å². The summed E-state index contributed by atoms with van der Waals surface area (Å²) in [6, 6.07) is 8.26. The minimum absolute atomic E-state index is 0.0400. The van der Waals surface area contributed by atoms with Crippen LogP contribution in [0.5, 0.6) is 5.75 Å². The molecule has 154 valence electrons. The Balaban J connectivity index is 1.68. The van der Waals surface area contributed by atoms with Gasteiger partial charge in [-0.15, -0.1) is 0 Å². The molecule has 0 saturated heterocycles. The highest BCUT2D eigenvalue weighted by Gasteiger charge is 2.27. The molecule has 0 heterocycles. The SMILES string of the molecule is CC(CC1CCCCC1)NCc1ccccc1OCCCOCC(F)(F)F. The zero-order valence-corrected chi connectivity index (χ0v) is 16.2. The zero-order valence-electron chi connectivity index (χ0n) is 16.2. The Labute approximate surface area is 160 Å². The molecule has 1 saturated carbocycles. The topological polar surface area (TPSA) is 30.5 Å². The molecule has 0 bridgehead atoms. The minimum atomic E-state index is -4.27. The highest BCUT2D eigenvalue weighted by molar-refractivity contribution is 5.33. The number of para-hydroxylation sites is 1. The molecule has 27 heavy (non-hydrogen) atoms. The molecule has 0 aromatic heterocycles. The first kappa shape index (κ1) is 22.0. The standard InChI is InChI=1S/C21H32F3NO2/c1-17(14-18-8-3-2-4-9-18)25-15-19-10-5-6-11-20(19)27-13-7-12-26-16-21(22,23)24/h5-6,10-11,17-18,25H,2-4,7-9,12-16H2,1H3. The highest BCUT2D eigenvalue weighted by Crippen LogP contribution is 2.27. The lowest BCUT2D eigenvalue weighted by molar-refractivity contribution is -0.174. The molecular formula is C21H32F3NO2. The van der Waals surface area contributed by atoms with Crippen molar-refractivity contribution in [3.63, 3.8) is 0 Å². The first-order valence-electron chi connectivity index (χ1n) is 10.0. The van der Waals surface area contributed by atoms with Gasteiger partial charge in [-0.05, 0) is 25.3 Å². The van der Waals surface area contributed by atoms with Gasteiger partial charge in [0.1, 0.15) is 12.4 Å². The number of nitrogens with one attached hydrogen (secondary N) is 1. The van der Waals surface area contributed by atoms with E-state index >= 15 is 0 Å². The molecule has 1 aliphatic carbocycles. The summed E-state index contributed by atoms with van der Waals surface area (Å²) in [5.74, 6) is 1.62. The van der Waals surface area contributed by atoms with Crippen LogP contribution < -0.4 is 10.1 Å². The van der Waals surface area contributed by atoms with Gasteiger partial charge >= 0.3 is 6.18 Å². The van der Waals surface area contributed by atoms with Crippen LogP contribution >= 0.6 is 0 Å². The summed E-state index contributed by atoms with van der Waals surface area (Å²) in [6.07, 6.45) is 4.17. The van der Waals surface area contributed by atoms with Gasteiger partial charge in [0.2, 0.25) is 0 Å². The molecule has 0 radical (unpaired) electrons. The van der Waals surface area contributed by atoms with E-state index in [2.05, 4.69) is 17.0 Å². The van der Waals surface area contributed by atoms with Gasteiger partial charge in [0, 0.05) is 24.6 Å². The highest BCUT2D eigenvalue weighted by atomic mass is 19.4. The lowest BCUT2D eigenvalue weighted by Gasteiger charge is -2.25. The molecule has 0 aliphatic heterocycles. The fourth-order valence-electron chi connectivity index (χ4n) is 3.61. The Hall–Kier alpha value is -1.27. The summed E-state index contributed by atoms with van der Waals surface area (Å²) in [7, 11) is 0. The molecule has 1 unspecified atom stereocenters. The molecule has 3 nitrogen and oxygen atoms in total. The fraction of sp³-hybridized carbons (Fsp3) is 0.714. The second-order valence-electron chi connectivity index (χ2n) is 7.50. The Morgan fingerprint density at radius 1 is 1.11 bits per heavy atom. The van der Waals surface area contributed by atoms with Crippen molar-refractivity contribution < 1.29 is 22.6 Å². The van der Waals surface area contributed by atoms with Crippen molar-refractivity contribution in [2.45, 2.75) is 70.6 Å². The third-order valence-electron chi connectivity index (χ3n) is 4.98. The summed E-state index contributed by atoms with van der Waals surface area (Å²) >= 11 is 0. The molecule has 1 atom stereocenters. The first-order valence-corrected chi connectivity index (χ1v) is 10.0. The largest absolute Gasteiger partial charge is 0.493 e. The van der Waals surface area contributed by atoms with Gasteiger partial charge in [-0.1, -0.05) is 50.3 Å². The third-order valence-corrected chi connectivity index (χ3v) is 4.98. The zero-order chi connectivity index (χ0) is 19.5. The molecule has 0 amide bonds. The average Bonchev–Trinajstić information content (AvgIpc) is 2.63. The number of benzene rings is 1. The molecule has 6 heteroatoms. The molecule has 0 spiro atoms. The van der Waals surface area contributed by atoms with E-state index in [9.17, 15) is 13.2 Å². The van der Waals surface area contributed by atoms with Gasteiger partial charge in [-0.2, -0.15) is 13.2 Å². The van der Waals surface area contributed by atoms with Gasteiger partial charge in [0.05, 0.1) is 13.2 Å². The van der Waals surface area contributed by atoms with Crippen LogP contribution in [0.3, 0.4) is 0 Å². The summed E-state index contributed by atoms with van der Waals surface area (Å²) in [6.45, 7) is 2.14. The van der Waals surface area contributed by atoms with Crippen molar-refractivity contribution in [3.8, 4) is 5.75 Å². The van der Waals surface area contributed by atoms with E-state index in [1.54, 1.807) is 0 Å². The Morgan fingerprint density at radius 2 is 1.85 bits per heavy atom. The number of ether oxygens (including phenoxy) is 2. The predicted molar refractivity (Wildman–Crippen MR) is 101 cm³/mol. The van der Waals surface area contributed by atoms with E-state index in [0.717, 1.165) is 23.8 Å². The van der Waals surface area contributed by atoms with Gasteiger partial charge in [0.25, 0.3) is 0 Å². The Bertz CT molecular complexity index is 530. The molecule has 1 aliphatic rings. The van der Waals surface area contributed by atoms with Crippen molar-refractivity contribution in [1.29, 1.82) is 0 Å². The molecule has 1 aromatic rings. The number of alkyl halides is 3. The maximum absolute atomic E-state index is 12.0. The lowest BCUT2D eigenvalue weighted by Crippen LogP contribution is -2.28. The Kier molecular flexibility index (Phi) is 9.42. The van der Waals surface area contributed by atoms with E-state index in [1.165, 1.54) is 38.5 Å². The normalized spacial score (nSPS) is 17.0. The van der Waals surface area contributed by atoms with Crippen LogP contribution in [0.4, 0.5) is 13.2 Å². The second-order valence-corrected chi connectivity index (χ2v) is 7.50. The fourth-order valence-corrected chi connectivity index (χ4v) is 3.61. The van der Waals surface area contributed by atoms with Crippen molar-refractivity contribution in [2.75, 3.05) is 19.8 Å². The van der Waals surface area contributed by atoms with Gasteiger partial charge in [0.15, 0.2) is 0 Å². The van der Waals surface area contributed by atoms with E-state index in [-0.39, 0.29) is 6.61 Å². The molecule has 1 N–H and O–H groups in total. The van der Waals surface area contributed by atoms with Crippen LogP contribution in [0.15, 0.2) is 24.3 Å². The Morgan fingerprint density at radius 3 is 2.59 bits per heavy atom. The first-order chi connectivity index (χ1) is 12.9. The lowest BCUT2D eigenvalue weighted by atomic mass is 9.85. The summed E-state index contributed by atoms with van der Waals surface area (Å²) in [5, 5.41) is 3.58. The second kappa shape index (κ2) is 11.5. The molecule has 1 aromatic carbocycles. The van der Waals surface area contributed by atoms with E-state index < -0.39 is 12.8 Å². The number of hydrogen-bond acceptors (Lipinski definition) is 3. The number of hydrogen-bond donors (Lipinski definition) is 1. The van der Waals surface area contributed by atoms with E-state index in [4.69, 9.17) is 4.74 Å². The van der Waals surface area contributed by atoms with Crippen LogP contribution in [-0.4, -0.2) is 32.0 Å². The smallest absolute Gasteiger partial charge is 0.411 e. The average molecular weight is 387 g/mol. The van der Waals surface area contributed by atoms with Crippen LogP contribution in [0, 0.1) is 5.92 Å². The monoisotopic (exact) mass is 387 g/mol. The molecule has 1 fully saturated rings. The van der Waals surface area contributed by atoms with Crippen LogP contribution in [0.2, 0.25) is 0 Å². The van der Waals surface area contributed by atoms with Crippen molar-refractivity contribution in [3.05, 3.63) is 29.8 Å².